The molecule has 0 amide bonds. The van der Waals surface area contributed by atoms with Crippen molar-refractivity contribution in [1.82, 2.24) is 0 Å². The maximum Gasteiger partial charge on any atom is 0.341 e. The molecule has 0 heterocycles. The predicted octanol–water partition coefficient (Wildman–Crippen LogP) is 2.88. The molecule has 0 aliphatic heterocycles. The summed E-state index contributed by atoms with van der Waals surface area (Å²) >= 11 is 0. The summed E-state index contributed by atoms with van der Waals surface area (Å²) in [5.74, 6) is -1.67. The van der Waals surface area contributed by atoms with Gasteiger partial charge in [-0.15, -0.1) is 0 Å². The molecule has 0 spiro atoms. The molecule has 0 atom stereocenters. The second kappa shape index (κ2) is 5.49. The maximum atomic E-state index is 13.3. The summed E-state index contributed by atoms with van der Waals surface area (Å²) in [5.41, 5.74) is -0.148. The summed E-state index contributed by atoms with van der Waals surface area (Å²) in [7, 11) is 0. The quantitative estimate of drug-likeness (QED) is 0.803. The van der Waals surface area contributed by atoms with E-state index in [0.29, 0.717) is 12.8 Å². The third-order valence-corrected chi connectivity index (χ3v) is 2.36. The fourth-order valence-corrected chi connectivity index (χ4v) is 1.34. The van der Waals surface area contributed by atoms with E-state index < -0.39 is 11.8 Å². The van der Waals surface area contributed by atoms with Gasteiger partial charge in [-0.1, -0.05) is 13.8 Å². The Morgan fingerprint density at radius 3 is 2.56 bits per heavy atom. The lowest BCUT2D eigenvalue weighted by molar-refractivity contribution is 0.0279. The first-order valence-electron chi connectivity index (χ1n) is 5.28. The zero-order valence-corrected chi connectivity index (χ0v) is 9.37. The van der Waals surface area contributed by atoms with Crippen molar-refractivity contribution < 1.29 is 19.0 Å². The number of rotatable bonds is 4. The number of carbonyl (C=O) groups excluding carboxylic acids is 1. The van der Waals surface area contributed by atoms with Crippen LogP contribution in [0.1, 0.15) is 37.0 Å². The normalized spacial score (nSPS) is 10.5. The van der Waals surface area contributed by atoms with Crippen LogP contribution in [0.15, 0.2) is 18.2 Å². The standard InChI is InChI=1S/C12H15FO3/c1-3-9(4-2)16-12(15)10-6-5-8(14)7-11(10)13/h5-7,9,14H,3-4H2,1-2H3. The highest BCUT2D eigenvalue weighted by atomic mass is 19.1. The van der Waals surface area contributed by atoms with Gasteiger partial charge in [0.05, 0.1) is 5.56 Å². The highest BCUT2D eigenvalue weighted by Crippen LogP contribution is 2.17. The second-order valence-corrected chi connectivity index (χ2v) is 3.51. The van der Waals surface area contributed by atoms with Crippen molar-refractivity contribution in [2.24, 2.45) is 0 Å². The molecule has 3 nitrogen and oxygen atoms in total. The molecule has 0 radical (unpaired) electrons. The first-order valence-corrected chi connectivity index (χ1v) is 5.28. The summed E-state index contributed by atoms with van der Waals surface area (Å²) in [6.07, 6.45) is 1.20. The molecule has 0 unspecified atom stereocenters. The van der Waals surface area contributed by atoms with Crippen LogP contribution in [0.4, 0.5) is 4.39 Å². The number of halogens is 1. The molecule has 0 fully saturated rings. The number of phenols is 1. The van der Waals surface area contributed by atoms with Crippen molar-refractivity contribution in [3.05, 3.63) is 29.6 Å². The van der Waals surface area contributed by atoms with Gasteiger partial charge in [-0.2, -0.15) is 0 Å². The fraction of sp³-hybridized carbons (Fsp3) is 0.417. The van der Waals surface area contributed by atoms with E-state index >= 15 is 0 Å². The molecular weight excluding hydrogens is 211 g/mol. The van der Waals surface area contributed by atoms with Gasteiger partial charge in [-0.3, -0.25) is 0 Å². The lowest BCUT2D eigenvalue weighted by Gasteiger charge is -2.14. The minimum absolute atomic E-state index is 0.148. The van der Waals surface area contributed by atoms with Crippen LogP contribution in [-0.2, 0) is 4.74 Å². The van der Waals surface area contributed by atoms with Crippen LogP contribution in [0.25, 0.3) is 0 Å². The third kappa shape index (κ3) is 2.95. The van der Waals surface area contributed by atoms with Crippen molar-refractivity contribution >= 4 is 5.97 Å². The summed E-state index contributed by atoms with van der Waals surface area (Å²) in [6.45, 7) is 3.79. The predicted molar refractivity (Wildman–Crippen MR) is 57.9 cm³/mol. The van der Waals surface area contributed by atoms with Crippen LogP contribution in [0.5, 0.6) is 5.75 Å². The first kappa shape index (κ1) is 12.5. The zero-order chi connectivity index (χ0) is 12.1. The Morgan fingerprint density at radius 2 is 2.06 bits per heavy atom. The minimum atomic E-state index is -0.768. The van der Waals surface area contributed by atoms with E-state index in [2.05, 4.69) is 0 Å². The van der Waals surface area contributed by atoms with E-state index in [1.165, 1.54) is 12.1 Å². The van der Waals surface area contributed by atoms with E-state index in [9.17, 15) is 9.18 Å². The monoisotopic (exact) mass is 226 g/mol. The van der Waals surface area contributed by atoms with Crippen LogP contribution < -0.4 is 0 Å². The van der Waals surface area contributed by atoms with E-state index in [0.717, 1.165) is 6.07 Å². The Hall–Kier alpha value is -1.58. The Balaban J connectivity index is 2.80. The average molecular weight is 226 g/mol. The van der Waals surface area contributed by atoms with Gasteiger partial charge in [-0.25, -0.2) is 9.18 Å². The number of esters is 1. The number of aromatic hydroxyl groups is 1. The Morgan fingerprint density at radius 1 is 1.44 bits per heavy atom. The first-order chi connectivity index (χ1) is 7.58. The van der Waals surface area contributed by atoms with E-state index in [4.69, 9.17) is 9.84 Å². The summed E-state index contributed by atoms with van der Waals surface area (Å²) in [6, 6.07) is 3.37. The molecule has 0 aliphatic rings. The van der Waals surface area contributed by atoms with Gasteiger partial charge in [0, 0.05) is 6.07 Å². The van der Waals surface area contributed by atoms with E-state index in [1.54, 1.807) is 0 Å². The molecule has 88 valence electrons. The lowest BCUT2D eigenvalue weighted by atomic mass is 10.2. The molecular formula is C12H15FO3. The summed E-state index contributed by atoms with van der Waals surface area (Å²) in [5, 5.41) is 9.00. The number of carbonyl (C=O) groups is 1. The zero-order valence-electron chi connectivity index (χ0n) is 9.37. The Kier molecular flexibility index (Phi) is 4.28. The summed E-state index contributed by atoms with van der Waals surface area (Å²) in [4.78, 5) is 11.6. The van der Waals surface area contributed by atoms with Gasteiger partial charge in [0.2, 0.25) is 0 Å². The van der Waals surface area contributed by atoms with Crippen molar-refractivity contribution in [2.45, 2.75) is 32.8 Å². The van der Waals surface area contributed by atoms with Crippen LogP contribution in [0.2, 0.25) is 0 Å². The third-order valence-electron chi connectivity index (χ3n) is 2.36. The average Bonchev–Trinajstić information content (AvgIpc) is 2.25. The molecule has 0 aliphatic carbocycles. The number of ether oxygens (including phenoxy) is 1. The van der Waals surface area contributed by atoms with Crippen LogP contribution >= 0.6 is 0 Å². The second-order valence-electron chi connectivity index (χ2n) is 3.51. The van der Waals surface area contributed by atoms with Crippen LogP contribution in [0.3, 0.4) is 0 Å². The van der Waals surface area contributed by atoms with Crippen molar-refractivity contribution in [1.29, 1.82) is 0 Å². The van der Waals surface area contributed by atoms with Crippen LogP contribution in [-0.4, -0.2) is 17.2 Å². The molecule has 4 heteroatoms. The lowest BCUT2D eigenvalue weighted by Crippen LogP contribution is -2.17. The minimum Gasteiger partial charge on any atom is -0.508 e. The Bertz CT molecular complexity index is 373. The molecule has 1 aromatic carbocycles. The molecule has 0 aromatic heterocycles. The molecule has 1 N–H and O–H groups in total. The SMILES string of the molecule is CCC(CC)OC(=O)c1ccc(O)cc1F. The molecule has 1 rings (SSSR count). The highest BCUT2D eigenvalue weighted by Gasteiger charge is 2.16. The van der Waals surface area contributed by atoms with Gasteiger partial charge in [0.15, 0.2) is 0 Å². The van der Waals surface area contributed by atoms with E-state index in [-0.39, 0.29) is 17.4 Å². The summed E-state index contributed by atoms with van der Waals surface area (Å²) < 4.78 is 18.4. The number of hydrogen-bond acceptors (Lipinski definition) is 3. The molecule has 0 saturated carbocycles. The Labute approximate surface area is 93.9 Å². The molecule has 16 heavy (non-hydrogen) atoms. The number of hydrogen-bond donors (Lipinski definition) is 1. The van der Waals surface area contributed by atoms with Crippen molar-refractivity contribution in [2.75, 3.05) is 0 Å². The smallest absolute Gasteiger partial charge is 0.341 e. The number of benzene rings is 1. The molecule has 0 bridgehead atoms. The van der Waals surface area contributed by atoms with Crippen molar-refractivity contribution in [3.8, 4) is 5.75 Å². The van der Waals surface area contributed by atoms with Gasteiger partial charge in [0.25, 0.3) is 0 Å². The maximum absolute atomic E-state index is 13.3. The molecule has 1 aromatic rings. The van der Waals surface area contributed by atoms with Gasteiger partial charge in [0.1, 0.15) is 17.7 Å². The number of phenolic OH excluding ortho intramolecular Hbond substituents is 1. The molecule has 0 saturated heterocycles. The largest absolute Gasteiger partial charge is 0.508 e. The van der Waals surface area contributed by atoms with E-state index in [1.807, 2.05) is 13.8 Å². The topological polar surface area (TPSA) is 46.5 Å². The van der Waals surface area contributed by atoms with Crippen molar-refractivity contribution in [3.63, 3.8) is 0 Å². The highest BCUT2D eigenvalue weighted by molar-refractivity contribution is 5.90. The van der Waals surface area contributed by atoms with Gasteiger partial charge < -0.3 is 9.84 Å². The van der Waals surface area contributed by atoms with Gasteiger partial charge in [-0.05, 0) is 25.0 Å². The fourth-order valence-electron chi connectivity index (χ4n) is 1.34. The van der Waals surface area contributed by atoms with Crippen LogP contribution in [0, 0.1) is 5.82 Å². The van der Waals surface area contributed by atoms with Gasteiger partial charge >= 0.3 is 5.97 Å².